The van der Waals surface area contributed by atoms with E-state index in [0.29, 0.717) is 10.6 Å². The molecule has 0 radical (unpaired) electrons. The normalized spacial score (nSPS) is 11.7. The molecule has 0 aliphatic carbocycles. The topological polar surface area (TPSA) is 86.4 Å². The number of H-pyrrole nitrogens is 1. The number of hydrogen-bond donors (Lipinski definition) is 3. The number of hydrogen-bond acceptors (Lipinski definition) is 5. The van der Waals surface area contributed by atoms with Crippen LogP contribution in [0.1, 0.15) is 44.0 Å². The summed E-state index contributed by atoms with van der Waals surface area (Å²) in [7, 11) is 0. The van der Waals surface area contributed by atoms with E-state index in [0.717, 1.165) is 12.8 Å². The third-order valence-corrected chi connectivity index (χ3v) is 4.45. The fraction of sp³-hybridized carbons (Fsp3) is 0.357. The molecule has 9 heteroatoms. The second-order valence-corrected chi connectivity index (χ2v) is 6.09. The van der Waals surface area contributed by atoms with E-state index in [1.54, 1.807) is 0 Å². The van der Waals surface area contributed by atoms with Crippen LogP contribution in [0.15, 0.2) is 11.2 Å². The summed E-state index contributed by atoms with van der Waals surface area (Å²) in [4.78, 5) is 0. The van der Waals surface area contributed by atoms with Gasteiger partial charge in [-0.05, 0) is 31.1 Å². The van der Waals surface area contributed by atoms with Crippen molar-refractivity contribution in [2.75, 3.05) is 0 Å². The highest BCUT2D eigenvalue weighted by molar-refractivity contribution is 7.71. The molecule has 0 bridgehead atoms. The fourth-order valence-corrected chi connectivity index (χ4v) is 2.83. The Labute approximate surface area is 148 Å². The van der Waals surface area contributed by atoms with E-state index in [2.05, 4.69) is 29.1 Å². The van der Waals surface area contributed by atoms with E-state index in [-0.39, 0.29) is 33.0 Å². The van der Waals surface area contributed by atoms with Crippen LogP contribution in [-0.4, -0.2) is 31.3 Å². The van der Waals surface area contributed by atoms with Crippen LogP contribution in [0.2, 0.25) is 10.0 Å². The van der Waals surface area contributed by atoms with Crippen LogP contribution in [0.5, 0.6) is 11.5 Å². The lowest BCUT2D eigenvalue weighted by molar-refractivity contribution is 0.450. The standard InChI is InChI=1S/C14H16Cl2N4O2S/c1-3-7(4-2)13-18-19-14(23)20(13)17-6-8-5-9(15)12(22)10(16)11(8)21/h5-7,21-22H,3-4H2,1-2H3,(H,19,23)/b17-6-. The number of aromatic amines is 1. The Morgan fingerprint density at radius 3 is 2.61 bits per heavy atom. The largest absolute Gasteiger partial charge is 0.506 e. The summed E-state index contributed by atoms with van der Waals surface area (Å²) in [5.41, 5.74) is 0.261. The zero-order valence-electron chi connectivity index (χ0n) is 12.5. The Morgan fingerprint density at radius 2 is 2.00 bits per heavy atom. The minimum absolute atomic E-state index is 0.0188. The second kappa shape index (κ2) is 7.33. The molecule has 0 aliphatic heterocycles. The molecule has 0 amide bonds. The molecule has 0 fully saturated rings. The van der Waals surface area contributed by atoms with Crippen molar-refractivity contribution in [1.82, 2.24) is 14.9 Å². The Balaban J connectivity index is 2.46. The summed E-state index contributed by atoms with van der Waals surface area (Å²) in [6.45, 7) is 4.12. The van der Waals surface area contributed by atoms with Crippen molar-refractivity contribution >= 4 is 41.6 Å². The summed E-state index contributed by atoms with van der Waals surface area (Å²) in [5, 5.41) is 30.5. The van der Waals surface area contributed by atoms with E-state index in [1.165, 1.54) is 17.0 Å². The van der Waals surface area contributed by atoms with E-state index < -0.39 is 0 Å². The monoisotopic (exact) mass is 374 g/mol. The van der Waals surface area contributed by atoms with Crippen molar-refractivity contribution in [3.63, 3.8) is 0 Å². The van der Waals surface area contributed by atoms with Gasteiger partial charge in [0.15, 0.2) is 11.6 Å². The minimum atomic E-state index is -0.374. The molecule has 124 valence electrons. The lowest BCUT2D eigenvalue weighted by atomic mass is 10.0. The highest BCUT2D eigenvalue weighted by Crippen LogP contribution is 2.40. The van der Waals surface area contributed by atoms with Crippen molar-refractivity contribution in [3.05, 3.63) is 32.3 Å². The van der Waals surface area contributed by atoms with E-state index >= 15 is 0 Å². The van der Waals surface area contributed by atoms with Crippen molar-refractivity contribution in [3.8, 4) is 11.5 Å². The molecule has 2 rings (SSSR count). The number of nitrogens with one attached hydrogen (secondary N) is 1. The molecule has 1 aromatic carbocycles. The zero-order valence-corrected chi connectivity index (χ0v) is 14.9. The van der Waals surface area contributed by atoms with Crippen LogP contribution >= 0.6 is 35.4 Å². The predicted octanol–water partition coefficient (Wildman–Crippen LogP) is 4.44. The molecule has 6 nitrogen and oxygen atoms in total. The van der Waals surface area contributed by atoms with Crippen LogP contribution in [0.25, 0.3) is 0 Å². The SMILES string of the molecule is CCC(CC)c1n[nH]c(=S)n1/N=C\c1cc(Cl)c(O)c(Cl)c1O. The number of phenolic OH excluding ortho intramolecular Hbond substituents is 2. The zero-order chi connectivity index (χ0) is 17.1. The van der Waals surface area contributed by atoms with Gasteiger partial charge in [0.1, 0.15) is 10.8 Å². The summed E-state index contributed by atoms with van der Waals surface area (Å²) < 4.78 is 1.85. The molecule has 0 unspecified atom stereocenters. The first kappa shape index (κ1) is 17.8. The Bertz CT molecular complexity index is 797. The highest BCUT2D eigenvalue weighted by atomic mass is 35.5. The molecule has 0 atom stereocenters. The average Bonchev–Trinajstić information content (AvgIpc) is 2.90. The molecule has 0 aliphatic rings. The first-order valence-corrected chi connectivity index (χ1v) is 8.18. The van der Waals surface area contributed by atoms with Gasteiger partial charge in [-0.1, -0.05) is 37.0 Å². The minimum Gasteiger partial charge on any atom is -0.506 e. The number of aromatic nitrogens is 3. The third kappa shape index (κ3) is 3.52. The number of rotatable bonds is 5. The number of phenols is 2. The molecule has 1 aromatic heterocycles. The first-order valence-electron chi connectivity index (χ1n) is 7.02. The predicted molar refractivity (Wildman–Crippen MR) is 93.5 cm³/mol. The second-order valence-electron chi connectivity index (χ2n) is 4.92. The summed E-state index contributed by atoms with van der Waals surface area (Å²) in [6, 6.07) is 1.36. The van der Waals surface area contributed by atoms with Crippen LogP contribution in [0, 0.1) is 4.77 Å². The van der Waals surface area contributed by atoms with Crippen molar-refractivity contribution in [2.24, 2.45) is 5.10 Å². The van der Waals surface area contributed by atoms with Gasteiger partial charge in [0, 0.05) is 11.5 Å². The summed E-state index contributed by atoms with van der Waals surface area (Å²) in [6.07, 6.45) is 3.16. The molecule has 2 aromatic rings. The smallest absolute Gasteiger partial charge is 0.216 e. The Kier molecular flexibility index (Phi) is 5.67. The van der Waals surface area contributed by atoms with Gasteiger partial charge in [0.2, 0.25) is 4.77 Å². The molecule has 0 spiro atoms. The van der Waals surface area contributed by atoms with Gasteiger partial charge < -0.3 is 10.2 Å². The molecule has 23 heavy (non-hydrogen) atoms. The summed E-state index contributed by atoms with van der Waals surface area (Å²) in [5.74, 6) is 0.240. The Morgan fingerprint density at radius 1 is 1.35 bits per heavy atom. The lowest BCUT2D eigenvalue weighted by Crippen LogP contribution is -2.05. The van der Waals surface area contributed by atoms with Gasteiger partial charge in [-0.15, -0.1) is 0 Å². The lowest BCUT2D eigenvalue weighted by Gasteiger charge is -2.10. The van der Waals surface area contributed by atoms with E-state index in [9.17, 15) is 10.2 Å². The maximum absolute atomic E-state index is 9.97. The quantitative estimate of drug-likeness (QED) is 0.533. The molecular weight excluding hydrogens is 359 g/mol. The molecule has 3 N–H and O–H groups in total. The number of benzene rings is 1. The molecule has 0 saturated heterocycles. The van der Waals surface area contributed by atoms with Crippen LogP contribution < -0.4 is 0 Å². The van der Waals surface area contributed by atoms with Crippen molar-refractivity contribution < 1.29 is 10.2 Å². The van der Waals surface area contributed by atoms with Crippen molar-refractivity contribution in [1.29, 1.82) is 0 Å². The van der Waals surface area contributed by atoms with Gasteiger partial charge in [-0.2, -0.15) is 14.9 Å². The Hall–Kier alpha value is -1.57. The van der Waals surface area contributed by atoms with Crippen LogP contribution in [0.3, 0.4) is 0 Å². The summed E-state index contributed by atoms with van der Waals surface area (Å²) >= 11 is 16.9. The van der Waals surface area contributed by atoms with E-state index in [4.69, 9.17) is 35.4 Å². The van der Waals surface area contributed by atoms with Gasteiger partial charge in [-0.3, -0.25) is 5.10 Å². The molecule has 0 saturated carbocycles. The maximum Gasteiger partial charge on any atom is 0.216 e. The van der Waals surface area contributed by atoms with Gasteiger partial charge in [-0.25, -0.2) is 0 Å². The van der Waals surface area contributed by atoms with Crippen LogP contribution in [0.4, 0.5) is 0 Å². The average molecular weight is 375 g/mol. The van der Waals surface area contributed by atoms with Crippen molar-refractivity contribution in [2.45, 2.75) is 32.6 Å². The maximum atomic E-state index is 9.97. The van der Waals surface area contributed by atoms with E-state index in [1.807, 2.05) is 0 Å². The van der Waals surface area contributed by atoms with Crippen LogP contribution in [-0.2, 0) is 0 Å². The molecule has 1 heterocycles. The highest BCUT2D eigenvalue weighted by Gasteiger charge is 2.16. The first-order chi connectivity index (χ1) is 10.9. The fourth-order valence-electron chi connectivity index (χ4n) is 2.17. The van der Waals surface area contributed by atoms with Gasteiger partial charge in [0.25, 0.3) is 0 Å². The number of halogens is 2. The number of aromatic hydroxyl groups is 2. The van der Waals surface area contributed by atoms with Gasteiger partial charge >= 0.3 is 0 Å². The third-order valence-electron chi connectivity index (χ3n) is 3.54. The van der Waals surface area contributed by atoms with Gasteiger partial charge in [0.05, 0.1) is 11.2 Å². The number of nitrogens with zero attached hydrogens (tertiary/aromatic N) is 3. The molecular formula is C14H16Cl2N4O2S.